The molecule has 0 saturated heterocycles. The normalized spacial score (nSPS) is 10.9. The van der Waals surface area contributed by atoms with E-state index < -0.39 is 0 Å². The van der Waals surface area contributed by atoms with Crippen molar-refractivity contribution in [3.63, 3.8) is 0 Å². The Labute approximate surface area is 106 Å². The van der Waals surface area contributed by atoms with E-state index in [0.717, 1.165) is 26.1 Å². The summed E-state index contributed by atoms with van der Waals surface area (Å²) in [6.45, 7) is 11.8. The molecule has 0 aliphatic carbocycles. The SMILES string of the molecule is CCN(CC(C)C)c1ccc(CCN)cc1C. The number of nitrogens with zero attached hydrogens (tertiary/aromatic N) is 1. The Morgan fingerprint density at radius 3 is 2.47 bits per heavy atom. The average Bonchev–Trinajstić information content (AvgIpc) is 2.27. The maximum atomic E-state index is 5.59. The summed E-state index contributed by atoms with van der Waals surface area (Å²) in [4.78, 5) is 2.45. The summed E-state index contributed by atoms with van der Waals surface area (Å²) in [6.07, 6.45) is 0.970. The van der Waals surface area contributed by atoms with E-state index in [1.54, 1.807) is 0 Å². The molecule has 0 saturated carbocycles. The van der Waals surface area contributed by atoms with Crippen molar-refractivity contribution in [2.45, 2.75) is 34.1 Å². The molecule has 0 fully saturated rings. The molecule has 1 aromatic carbocycles. The van der Waals surface area contributed by atoms with Gasteiger partial charge in [-0.3, -0.25) is 0 Å². The van der Waals surface area contributed by atoms with E-state index in [4.69, 9.17) is 5.73 Å². The summed E-state index contributed by atoms with van der Waals surface area (Å²) in [5, 5.41) is 0. The molecule has 0 heterocycles. The van der Waals surface area contributed by atoms with E-state index in [-0.39, 0.29) is 0 Å². The molecule has 0 aromatic heterocycles. The quantitative estimate of drug-likeness (QED) is 0.820. The van der Waals surface area contributed by atoms with Gasteiger partial charge in [0.25, 0.3) is 0 Å². The zero-order chi connectivity index (χ0) is 12.8. The molecule has 0 bridgehead atoms. The minimum absolute atomic E-state index is 0.693. The highest BCUT2D eigenvalue weighted by Gasteiger charge is 2.09. The van der Waals surface area contributed by atoms with Crippen molar-refractivity contribution in [3.8, 4) is 0 Å². The zero-order valence-corrected chi connectivity index (χ0v) is 11.7. The Kier molecular flexibility index (Phi) is 5.49. The lowest BCUT2D eigenvalue weighted by Gasteiger charge is -2.27. The predicted molar refractivity (Wildman–Crippen MR) is 76.7 cm³/mol. The first kappa shape index (κ1) is 14.0. The Morgan fingerprint density at radius 2 is 2.00 bits per heavy atom. The van der Waals surface area contributed by atoms with Gasteiger partial charge < -0.3 is 10.6 Å². The summed E-state index contributed by atoms with van der Waals surface area (Å²) in [6, 6.07) is 6.72. The van der Waals surface area contributed by atoms with Gasteiger partial charge in [-0.25, -0.2) is 0 Å². The van der Waals surface area contributed by atoms with Crippen LogP contribution in [0.1, 0.15) is 31.9 Å². The van der Waals surface area contributed by atoms with Crippen molar-refractivity contribution in [1.82, 2.24) is 0 Å². The minimum Gasteiger partial charge on any atom is -0.371 e. The molecule has 0 amide bonds. The van der Waals surface area contributed by atoms with Crippen LogP contribution in [0.15, 0.2) is 18.2 Å². The van der Waals surface area contributed by atoms with Crippen molar-refractivity contribution in [2.24, 2.45) is 11.7 Å². The van der Waals surface area contributed by atoms with Crippen LogP contribution in [-0.4, -0.2) is 19.6 Å². The third-order valence-corrected chi connectivity index (χ3v) is 3.00. The van der Waals surface area contributed by atoms with Crippen LogP contribution in [0.3, 0.4) is 0 Å². The van der Waals surface area contributed by atoms with E-state index >= 15 is 0 Å². The van der Waals surface area contributed by atoms with Gasteiger partial charge in [0.15, 0.2) is 0 Å². The monoisotopic (exact) mass is 234 g/mol. The largest absolute Gasteiger partial charge is 0.371 e. The van der Waals surface area contributed by atoms with E-state index in [9.17, 15) is 0 Å². The molecule has 2 N–H and O–H groups in total. The van der Waals surface area contributed by atoms with Gasteiger partial charge in [-0.1, -0.05) is 26.0 Å². The van der Waals surface area contributed by atoms with Crippen molar-refractivity contribution >= 4 is 5.69 Å². The summed E-state index contributed by atoms with van der Waals surface area (Å²) in [5.74, 6) is 0.693. The third-order valence-electron chi connectivity index (χ3n) is 3.00. The minimum atomic E-state index is 0.693. The second-order valence-corrected chi connectivity index (χ2v) is 5.09. The molecule has 2 heteroatoms. The summed E-state index contributed by atoms with van der Waals surface area (Å²) >= 11 is 0. The van der Waals surface area contributed by atoms with E-state index in [1.165, 1.54) is 16.8 Å². The molecular formula is C15H26N2. The number of nitrogens with two attached hydrogens (primary N) is 1. The molecule has 2 nitrogen and oxygen atoms in total. The topological polar surface area (TPSA) is 29.3 Å². The Hall–Kier alpha value is -1.02. The van der Waals surface area contributed by atoms with Crippen LogP contribution in [0, 0.1) is 12.8 Å². The number of rotatable bonds is 6. The highest BCUT2D eigenvalue weighted by molar-refractivity contribution is 5.54. The van der Waals surface area contributed by atoms with E-state index in [1.807, 2.05) is 0 Å². The molecule has 0 spiro atoms. The van der Waals surface area contributed by atoms with Gasteiger partial charge in [0.2, 0.25) is 0 Å². The molecule has 0 unspecified atom stereocenters. The Morgan fingerprint density at radius 1 is 1.29 bits per heavy atom. The molecule has 0 radical (unpaired) electrons. The Bertz CT molecular complexity index is 345. The second kappa shape index (κ2) is 6.65. The van der Waals surface area contributed by atoms with Gasteiger partial charge in [0.1, 0.15) is 0 Å². The smallest absolute Gasteiger partial charge is 0.0396 e. The standard InChI is InChI=1S/C15H26N2/c1-5-17(11-12(2)3)15-7-6-14(8-9-16)10-13(15)4/h6-7,10,12H,5,8-9,11,16H2,1-4H3. The molecule has 17 heavy (non-hydrogen) atoms. The summed E-state index contributed by atoms with van der Waals surface area (Å²) in [5.41, 5.74) is 9.65. The molecule has 0 aliphatic heterocycles. The fraction of sp³-hybridized carbons (Fsp3) is 0.600. The van der Waals surface area contributed by atoms with Crippen molar-refractivity contribution in [2.75, 3.05) is 24.5 Å². The van der Waals surface area contributed by atoms with Crippen LogP contribution in [0.2, 0.25) is 0 Å². The van der Waals surface area contributed by atoms with Crippen LogP contribution >= 0.6 is 0 Å². The van der Waals surface area contributed by atoms with Gasteiger partial charge in [0.05, 0.1) is 0 Å². The van der Waals surface area contributed by atoms with Gasteiger partial charge in [-0.2, -0.15) is 0 Å². The van der Waals surface area contributed by atoms with E-state index in [0.29, 0.717) is 5.92 Å². The molecule has 0 atom stereocenters. The van der Waals surface area contributed by atoms with Gasteiger partial charge in [-0.05, 0) is 49.9 Å². The second-order valence-electron chi connectivity index (χ2n) is 5.09. The van der Waals surface area contributed by atoms with Crippen molar-refractivity contribution in [3.05, 3.63) is 29.3 Å². The van der Waals surface area contributed by atoms with Gasteiger partial charge in [0, 0.05) is 18.8 Å². The maximum Gasteiger partial charge on any atom is 0.0396 e. The first-order valence-electron chi connectivity index (χ1n) is 6.63. The third kappa shape index (κ3) is 4.04. The molecule has 96 valence electrons. The number of anilines is 1. The van der Waals surface area contributed by atoms with Crippen molar-refractivity contribution < 1.29 is 0 Å². The van der Waals surface area contributed by atoms with Crippen LogP contribution < -0.4 is 10.6 Å². The lowest BCUT2D eigenvalue weighted by Crippen LogP contribution is -2.27. The zero-order valence-electron chi connectivity index (χ0n) is 11.7. The summed E-state index contributed by atoms with van der Waals surface area (Å²) in [7, 11) is 0. The fourth-order valence-electron chi connectivity index (χ4n) is 2.23. The molecule has 0 aliphatic rings. The lowest BCUT2D eigenvalue weighted by molar-refractivity contribution is 0.618. The molecule has 1 rings (SSSR count). The Balaban J connectivity index is 2.88. The molecular weight excluding hydrogens is 208 g/mol. The number of benzene rings is 1. The predicted octanol–water partition coefficient (Wildman–Crippen LogP) is 2.98. The van der Waals surface area contributed by atoms with Gasteiger partial charge >= 0.3 is 0 Å². The highest BCUT2D eigenvalue weighted by atomic mass is 15.1. The van der Waals surface area contributed by atoms with Gasteiger partial charge in [-0.15, -0.1) is 0 Å². The lowest BCUT2D eigenvalue weighted by atomic mass is 10.1. The van der Waals surface area contributed by atoms with Crippen molar-refractivity contribution in [1.29, 1.82) is 0 Å². The summed E-state index contributed by atoms with van der Waals surface area (Å²) < 4.78 is 0. The number of hydrogen-bond donors (Lipinski definition) is 1. The van der Waals surface area contributed by atoms with Crippen LogP contribution in [0.4, 0.5) is 5.69 Å². The van der Waals surface area contributed by atoms with Crippen LogP contribution in [0.25, 0.3) is 0 Å². The fourth-order valence-corrected chi connectivity index (χ4v) is 2.23. The first-order chi connectivity index (χ1) is 8.08. The maximum absolute atomic E-state index is 5.59. The average molecular weight is 234 g/mol. The van der Waals surface area contributed by atoms with Crippen LogP contribution in [0.5, 0.6) is 0 Å². The van der Waals surface area contributed by atoms with E-state index in [2.05, 4.69) is 50.8 Å². The highest BCUT2D eigenvalue weighted by Crippen LogP contribution is 2.22. The first-order valence-corrected chi connectivity index (χ1v) is 6.63. The molecule has 1 aromatic rings. The number of hydrogen-bond acceptors (Lipinski definition) is 2. The van der Waals surface area contributed by atoms with Crippen LogP contribution in [-0.2, 0) is 6.42 Å². The number of aryl methyl sites for hydroxylation is 1.